The molecule has 0 saturated carbocycles. The molecule has 6 nitrogen and oxygen atoms in total. The summed E-state index contributed by atoms with van der Waals surface area (Å²) in [5.41, 5.74) is 0.922. The number of ether oxygens (including phenoxy) is 3. The van der Waals surface area contributed by atoms with Crippen LogP contribution in [0.1, 0.15) is 25.8 Å². The lowest BCUT2D eigenvalue weighted by molar-refractivity contribution is -0.190. The molecule has 0 saturated heterocycles. The molecule has 0 fully saturated rings. The Morgan fingerprint density at radius 1 is 1.18 bits per heavy atom. The maximum atomic E-state index is 11.5. The zero-order valence-corrected chi connectivity index (χ0v) is 13.2. The number of carbonyl (C=O) groups is 1. The van der Waals surface area contributed by atoms with Gasteiger partial charge in [0.15, 0.2) is 6.29 Å². The molecule has 1 aromatic rings. The Morgan fingerprint density at radius 2 is 1.82 bits per heavy atom. The van der Waals surface area contributed by atoms with Gasteiger partial charge in [-0.05, 0) is 25.8 Å². The molecule has 1 unspecified atom stereocenters. The Balaban J connectivity index is 2.20. The molecule has 0 heterocycles. The van der Waals surface area contributed by atoms with E-state index >= 15 is 0 Å². The van der Waals surface area contributed by atoms with Gasteiger partial charge in [-0.1, -0.05) is 30.3 Å². The van der Waals surface area contributed by atoms with Crippen molar-refractivity contribution in [3.63, 3.8) is 0 Å². The number of aliphatic hydroxyl groups excluding tert-OH is 1. The smallest absolute Gasteiger partial charge is 0.407 e. The summed E-state index contributed by atoms with van der Waals surface area (Å²) in [5, 5.41) is 12.5. The quantitative estimate of drug-likeness (QED) is 0.647. The molecule has 0 aliphatic carbocycles. The molecule has 0 bridgehead atoms. The van der Waals surface area contributed by atoms with Gasteiger partial charge in [-0.2, -0.15) is 0 Å². The summed E-state index contributed by atoms with van der Waals surface area (Å²) in [4.78, 5) is 11.5. The standard InChI is InChI=1S/C16H25NO5/c1-3-20-15(21-4-2)14(18)10-11-17-16(19)22-12-13-8-6-5-7-9-13/h5-9,14-15,18H,3-4,10-12H2,1-2H3,(H,17,19). The van der Waals surface area contributed by atoms with Crippen LogP contribution in [0, 0.1) is 0 Å². The third-order valence-corrected chi connectivity index (χ3v) is 2.90. The summed E-state index contributed by atoms with van der Waals surface area (Å²) in [7, 11) is 0. The predicted molar refractivity (Wildman–Crippen MR) is 82.3 cm³/mol. The minimum absolute atomic E-state index is 0.218. The van der Waals surface area contributed by atoms with Crippen LogP contribution in [0.25, 0.3) is 0 Å². The van der Waals surface area contributed by atoms with Gasteiger partial charge in [0.1, 0.15) is 12.7 Å². The Hall–Kier alpha value is -1.63. The van der Waals surface area contributed by atoms with Gasteiger partial charge in [-0.3, -0.25) is 0 Å². The van der Waals surface area contributed by atoms with Gasteiger partial charge in [0.2, 0.25) is 0 Å². The first-order valence-electron chi connectivity index (χ1n) is 7.53. The largest absolute Gasteiger partial charge is 0.445 e. The van der Waals surface area contributed by atoms with Crippen LogP contribution in [0.4, 0.5) is 4.79 Å². The second-order valence-electron chi connectivity index (χ2n) is 4.62. The summed E-state index contributed by atoms with van der Waals surface area (Å²) in [6.07, 6.45) is -1.66. The van der Waals surface area contributed by atoms with Crippen LogP contribution in [0.3, 0.4) is 0 Å². The highest BCUT2D eigenvalue weighted by molar-refractivity contribution is 5.67. The zero-order chi connectivity index (χ0) is 16.2. The molecule has 2 N–H and O–H groups in total. The van der Waals surface area contributed by atoms with Gasteiger partial charge in [0.25, 0.3) is 0 Å². The molecule has 0 aliphatic rings. The van der Waals surface area contributed by atoms with Gasteiger partial charge in [0, 0.05) is 19.8 Å². The fourth-order valence-corrected chi connectivity index (χ4v) is 1.83. The van der Waals surface area contributed by atoms with Gasteiger partial charge in [-0.25, -0.2) is 4.79 Å². The number of benzene rings is 1. The first-order chi connectivity index (χ1) is 10.7. The van der Waals surface area contributed by atoms with E-state index in [-0.39, 0.29) is 13.2 Å². The number of hydrogen-bond acceptors (Lipinski definition) is 5. The molecule has 0 radical (unpaired) electrons. The molecule has 1 rings (SSSR count). The molecule has 124 valence electrons. The van der Waals surface area contributed by atoms with E-state index in [2.05, 4.69) is 5.32 Å². The van der Waals surface area contributed by atoms with Crippen molar-refractivity contribution in [1.29, 1.82) is 0 Å². The summed E-state index contributed by atoms with van der Waals surface area (Å²) in [6.45, 7) is 5.07. The molecule has 0 aliphatic heterocycles. The summed E-state index contributed by atoms with van der Waals surface area (Å²) in [5.74, 6) is 0. The number of amides is 1. The van der Waals surface area contributed by atoms with Crippen molar-refractivity contribution in [2.45, 2.75) is 39.3 Å². The highest BCUT2D eigenvalue weighted by Gasteiger charge is 2.19. The van der Waals surface area contributed by atoms with Crippen molar-refractivity contribution in [2.24, 2.45) is 0 Å². The van der Waals surface area contributed by atoms with Gasteiger partial charge in [-0.15, -0.1) is 0 Å². The molecular weight excluding hydrogens is 286 g/mol. The summed E-state index contributed by atoms with van der Waals surface area (Å²) >= 11 is 0. The van der Waals surface area contributed by atoms with Gasteiger partial charge < -0.3 is 24.6 Å². The molecule has 1 aromatic carbocycles. The van der Waals surface area contributed by atoms with Crippen molar-refractivity contribution < 1.29 is 24.1 Å². The van der Waals surface area contributed by atoms with Crippen molar-refractivity contribution in [3.8, 4) is 0 Å². The van der Waals surface area contributed by atoms with Crippen LogP contribution in [-0.4, -0.2) is 43.4 Å². The second kappa shape index (κ2) is 11.0. The van der Waals surface area contributed by atoms with Gasteiger partial charge in [0.05, 0.1) is 0 Å². The maximum absolute atomic E-state index is 11.5. The van der Waals surface area contributed by atoms with E-state index < -0.39 is 18.5 Å². The normalized spacial score (nSPS) is 12.2. The number of carbonyl (C=O) groups excluding carboxylic acids is 1. The van der Waals surface area contributed by atoms with E-state index in [1.165, 1.54) is 0 Å². The Labute approximate surface area is 131 Å². The van der Waals surface area contributed by atoms with Crippen LogP contribution < -0.4 is 5.32 Å². The van der Waals surface area contributed by atoms with Crippen molar-refractivity contribution >= 4 is 6.09 Å². The van der Waals surface area contributed by atoms with E-state index in [4.69, 9.17) is 14.2 Å². The molecule has 22 heavy (non-hydrogen) atoms. The van der Waals surface area contributed by atoms with Crippen LogP contribution in [0.2, 0.25) is 0 Å². The summed E-state index contributed by atoms with van der Waals surface area (Å²) < 4.78 is 15.7. The SMILES string of the molecule is CCOC(OCC)C(O)CCNC(=O)OCc1ccccc1. The van der Waals surface area contributed by atoms with Crippen LogP contribution in [0.15, 0.2) is 30.3 Å². The molecule has 0 spiro atoms. The van der Waals surface area contributed by atoms with Crippen molar-refractivity contribution in [2.75, 3.05) is 19.8 Å². The van der Waals surface area contributed by atoms with Crippen LogP contribution in [-0.2, 0) is 20.8 Å². The van der Waals surface area contributed by atoms with Crippen LogP contribution >= 0.6 is 0 Å². The minimum atomic E-state index is -0.797. The predicted octanol–water partition coefficient (Wildman–Crippen LogP) is 2.06. The first-order valence-corrected chi connectivity index (χ1v) is 7.53. The van der Waals surface area contributed by atoms with E-state index in [1.54, 1.807) is 0 Å². The lowest BCUT2D eigenvalue weighted by Gasteiger charge is -2.22. The maximum Gasteiger partial charge on any atom is 0.407 e. The second-order valence-corrected chi connectivity index (χ2v) is 4.62. The number of nitrogens with one attached hydrogen (secondary N) is 1. The number of alkyl carbamates (subject to hydrolysis) is 1. The zero-order valence-electron chi connectivity index (χ0n) is 13.2. The van der Waals surface area contributed by atoms with E-state index in [9.17, 15) is 9.90 Å². The molecule has 6 heteroatoms. The topological polar surface area (TPSA) is 77.0 Å². The van der Waals surface area contributed by atoms with E-state index in [0.29, 0.717) is 19.6 Å². The third-order valence-electron chi connectivity index (χ3n) is 2.90. The Morgan fingerprint density at radius 3 is 2.41 bits per heavy atom. The summed E-state index contributed by atoms with van der Waals surface area (Å²) in [6, 6.07) is 9.43. The molecule has 0 aromatic heterocycles. The van der Waals surface area contributed by atoms with Gasteiger partial charge >= 0.3 is 6.09 Å². The fourth-order valence-electron chi connectivity index (χ4n) is 1.83. The lowest BCUT2D eigenvalue weighted by Crippen LogP contribution is -2.36. The monoisotopic (exact) mass is 311 g/mol. The molecule has 1 atom stereocenters. The average Bonchev–Trinajstić information content (AvgIpc) is 2.53. The third kappa shape index (κ3) is 7.40. The Bertz CT molecular complexity index is 406. The number of hydrogen-bond donors (Lipinski definition) is 2. The highest BCUT2D eigenvalue weighted by atomic mass is 16.7. The molecule has 1 amide bonds. The van der Waals surface area contributed by atoms with Crippen molar-refractivity contribution in [1.82, 2.24) is 5.32 Å². The first kappa shape index (κ1) is 18.4. The fraction of sp³-hybridized carbons (Fsp3) is 0.562. The lowest BCUT2D eigenvalue weighted by atomic mass is 10.2. The number of rotatable bonds is 10. The van der Waals surface area contributed by atoms with E-state index in [1.807, 2.05) is 44.2 Å². The minimum Gasteiger partial charge on any atom is -0.445 e. The highest BCUT2D eigenvalue weighted by Crippen LogP contribution is 2.06. The Kier molecular flexibility index (Phi) is 9.21. The molecular formula is C16H25NO5. The number of aliphatic hydroxyl groups is 1. The average molecular weight is 311 g/mol. The van der Waals surface area contributed by atoms with Crippen molar-refractivity contribution in [3.05, 3.63) is 35.9 Å². The van der Waals surface area contributed by atoms with Crippen LogP contribution in [0.5, 0.6) is 0 Å². The van der Waals surface area contributed by atoms with E-state index in [0.717, 1.165) is 5.56 Å².